The number of hydrogen-bond acceptors (Lipinski definition) is 4. The van der Waals surface area contributed by atoms with Crippen LogP contribution in [0.15, 0.2) is 28.2 Å². The highest BCUT2D eigenvalue weighted by Crippen LogP contribution is 2.24. The highest BCUT2D eigenvalue weighted by atomic mass is 79.9. The molecule has 21 heavy (non-hydrogen) atoms. The molecule has 2 heterocycles. The molecule has 0 amide bonds. The van der Waals surface area contributed by atoms with E-state index in [0.29, 0.717) is 11.0 Å². The van der Waals surface area contributed by atoms with Gasteiger partial charge in [-0.3, -0.25) is 4.90 Å². The van der Waals surface area contributed by atoms with Gasteiger partial charge in [-0.2, -0.15) is 0 Å². The minimum atomic E-state index is -0.502. The number of hydrogen-bond donors (Lipinski definition) is 0. The van der Waals surface area contributed by atoms with E-state index in [-0.39, 0.29) is 5.56 Å². The summed E-state index contributed by atoms with van der Waals surface area (Å²) in [5, 5.41) is 2.96. The van der Waals surface area contributed by atoms with Gasteiger partial charge in [-0.1, -0.05) is 0 Å². The first-order chi connectivity index (χ1) is 10.1. The minimum Gasteiger partial charge on any atom is -0.346 e. The van der Waals surface area contributed by atoms with Crippen LogP contribution in [-0.2, 0) is 6.54 Å². The smallest absolute Gasteiger partial charge is 0.185 e. The number of halogens is 3. The fourth-order valence-electron chi connectivity index (χ4n) is 2.41. The van der Waals surface area contributed by atoms with E-state index in [1.807, 2.05) is 5.38 Å². The second-order valence-electron chi connectivity index (χ2n) is 4.90. The lowest BCUT2D eigenvalue weighted by molar-refractivity contribution is 0.242. The Morgan fingerprint density at radius 1 is 1.19 bits per heavy atom. The Morgan fingerprint density at radius 3 is 2.62 bits per heavy atom. The van der Waals surface area contributed by atoms with E-state index in [1.54, 1.807) is 17.5 Å². The van der Waals surface area contributed by atoms with Crippen LogP contribution in [0.5, 0.6) is 0 Å². The molecule has 0 saturated carbocycles. The van der Waals surface area contributed by atoms with Gasteiger partial charge < -0.3 is 4.90 Å². The van der Waals surface area contributed by atoms with E-state index >= 15 is 0 Å². The first kappa shape index (κ1) is 14.9. The average molecular weight is 374 g/mol. The van der Waals surface area contributed by atoms with Gasteiger partial charge >= 0.3 is 0 Å². The zero-order valence-corrected chi connectivity index (χ0v) is 13.6. The maximum Gasteiger partial charge on any atom is 0.185 e. The molecule has 0 aliphatic carbocycles. The zero-order chi connectivity index (χ0) is 14.8. The van der Waals surface area contributed by atoms with Crippen LogP contribution in [0.1, 0.15) is 5.56 Å². The van der Waals surface area contributed by atoms with E-state index < -0.39 is 11.6 Å². The maximum absolute atomic E-state index is 14.0. The van der Waals surface area contributed by atoms with Crippen molar-refractivity contribution in [2.24, 2.45) is 0 Å². The van der Waals surface area contributed by atoms with Crippen molar-refractivity contribution in [2.75, 3.05) is 31.1 Å². The van der Waals surface area contributed by atoms with Crippen LogP contribution in [0, 0.1) is 11.6 Å². The number of nitrogens with zero attached hydrogens (tertiary/aromatic N) is 3. The molecule has 0 radical (unpaired) electrons. The lowest BCUT2D eigenvalue weighted by Crippen LogP contribution is -2.46. The van der Waals surface area contributed by atoms with Crippen molar-refractivity contribution in [1.29, 1.82) is 0 Å². The van der Waals surface area contributed by atoms with Crippen molar-refractivity contribution < 1.29 is 8.78 Å². The van der Waals surface area contributed by atoms with E-state index in [0.717, 1.165) is 31.3 Å². The molecule has 1 aromatic heterocycles. The number of piperazine rings is 1. The van der Waals surface area contributed by atoms with Crippen LogP contribution in [0.4, 0.5) is 13.9 Å². The minimum absolute atomic E-state index is 0.132. The summed E-state index contributed by atoms with van der Waals surface area (Å²) in [5.41, 5.74) is 0.132. The molecule has 0 bridgehead atoms. The topological polar surface area (TPSA) is 19.4 Å². The van der Waals surface area contributed by atoms with Crippen LogP contribution in [-0.4, -0.2) is 36.1 Å². The van der Waals surface area contributed by atoms with Gasteiger partial charge in [-0.05, 0) is 28.1 Å². The summed E-state index contributed by atoms with van der Waals surface area (Å²) in [7, 11) is 0. The zero-order valence-electron chi connectivity index (χ0n) is 11.2. The molecule has 0 N–H and O–H groups in total. The second kappa shape index (κ2) is 6.37. The maximum atomic E-state index is 14.0. The van der Waals surface area contributed by atoms with Gasteiger partial charge in [0.25, 0.3) is 0 Å². The Bertz CT molecular complexity index is 613. The molecular formula is C14H14BrF2N3S. The van der Waals surface area contributed by atoms with Crippen LogP contribution in [0.25, 0.3) is 0 Å². The molecule has 112 valence electrons. The number of anilines is 1. The third-order valence-corrected chi connectivity index (χ3v) is 5.03. The predicted octanol–water partition coefficient (Wildman–Crippen LogP) is 3.51. The van der Waals surface area contributed by atoms with Gasteiger partial charge in [0.2, 0.25) is 0 Å². The van der Waals surface area contributed by atoms with E-state index in [1.165, 1.54) is 12.1 Å². The molecule has 0 unspecified atom stereocenters. The summed E-state index contributed by atoms with van der Waals surface area (Å²) in [6.07, 6.45) is 1.79. The molecule has 1 aliphatic heterocycles. The first-order valence-electron chi connectivity index (χ1n) is 6.64. The highest BCUT2D eigenvalue weighted by Gasteiger charge is 2.21. The first-order valence-corrected chi connectivity index (χ1v) is 8.31. The molecule has 2 aromatic rings. The Labute approximate surface area is 134 Å². The molecule has 1 saturated heterocycles. The molecule has 7 heteroatoms. The fraction of sp³-hybridized carbons (Fsp3) is 0.357. The van der Waals surface area contributed by atoms with Crippen LogP contribution >= 0.6 is 27.3 Å². The largest absolute Gasteiger partial charge is 0.346 e. The molecule has 1 fully saturated rings. The van der Waals surface area contributed by atoms with Crippen LogP contribution in [0.2, 0.25) is 0 Å². The normalized spacial score (nSPS) is 16.4. The van der Waals surface area contributed by atoms with Gasteiger partial charge in [-0.15, -0.1) is 11.3 Å². The summed E-state index contributed by atoms with van der Waals surface area (Å²) >= 11 is 4.72. The Balaban J connectivity index is 1.65. The van der Waals surface area contributed by atoms with Crippen LogP contribution < -0.4 is 4.90 Å². The molecule has 3 rings (SSSR count). The Kier molecular flexibility index (Phi) is 4.51. The quantitative estimate of drug-likeness (QED) is 0.767. The third kappa shape index (κ3) is 3.25. The van der Waals surface area contributed by atoms with Crippen molar-refractivity contribution in [3.05, 3.63) is 45.4 Å². The average Bonchev–Trinajstić information content (AvgIpc) is 3.03. The van der Waals surface area contributed by atoms with Crippen molar-refractivity contribution in [2.45, 2.75) is 6.54 Å². The summed E-state index contributed by atoms with van der Waals surface area (Å²) < 4.78 is 28.1. The molecule has 1 aliphatic rings. The fourth-order valence-corrected chi connectivity index (χ4v) is 3.48. The summed E-state index contributed by atoms with van der Waals surface area (Å²) in [5.74, 6) is -0.990. The SMILES string of the molecule is Fc1ccc(Br)c(F)c1CN1CCN(c2nccs2)CC1. The van der Waals surface area contributed by atoms with E-state index in [4.69, 9.17) is 0 Å². The van der Waals surface area contributed by atoms with Crippen molar-refractivity contribution in [1.82, 2.24) is 9.88 Å². The van der Waals surface area contributed by atoms with Crippen molar-refractivity contribution in [3.8, 4) is 0 Å². The van der Waals surface area contributed by atoms with Gasteiger partial charge in [-0.25, -0.2) is 13.8 Å². The molecule has 3 nitrogen and oxygen atoms in total. The summed E-state index contributed by atoms with van der Waals surface area (Å²) in [6, 6.07) is 2.70. The lowest BCUT2D eigenvalue weighted by atomic mass is 10.1. The third-order valence-electron chi connectivity index (χ3n) is 3.58. The number of aromatic nitrogens is 1. The van der Waals surface area contributed by atoms with E-state index in [9.17, 15) is 8.78 Å². The standard InChI is InChI=1S/C14H14BrF2N3S/c15-11-1-2-12(16)10(13(11)17)9-19-4-6-20(7-5-19)14-18-3-8-21-14/h1-3,8H,4-7,9H2. The molecule has 1 aromatic carbocycles. The van der Waals surface area contributed by atoms with Gasteiger partial charge in [0, 0.05) is 49.9 Å². The van der Waals surface area contributed by atoms with Crippen LogP contribution in [0.3, 0.4) is 0 Å². The predicted molar refractivity (Wildman–Crippen MR) is 83.7 cm³/mol. The number of thiazole rings is 1. The van der Waals surface area contributed by atoms with Gasteiger partial charge in [0.15, 0.2) is 5.13 Å². The second-order valence-corrected chi connectivity index (χ2v) is 6.63. The molecular weight excluding hydrogens is 360 g/mol. The Hall–Kier alpha value is -1.05. The molecule has 0 spiro atoms. The summed E-state index contributed by atoms with van der Waals surface area (Å²) in [4.78, 5) is 8.56. The van der Waals surface area contributed by atoms with Gasteiger partial charge in [0.1, 0.15) is 11.6 Å². The monoisotopic (exact) mass is 373 g/mol. The lowest BCUT2D eigenvalue weighted by Gasteiger charge is -2.34. The van der Waals surface area contributed by atoms with Crippen molar-refractivity contribution >= 4 is 32.4 Å². The highest BCUT2D eigenvalue weighted by molar-refractivity contribution is 9.10. The molecule has 0 atom stereocenters. The summed E-state index contributed by atoms with van der Waals surface area (Å²) in [6.45, 7) is 3.48. The Morgan fingerprint density at radius 2 is 1.95 bits per heavy atom. The number of rotatable bonds is 3. The van der Waals surface area contributed by atoms with E-state index in [2.05, 4.69) is 30.7 Å². The van der Waals surface area contributed by atoms with Gasteiger partial charge in [0.05, 0.1) is 4.47 Å². The van der Waals surface area contributed by atoms with Crippen molar-refractivity contribution in [3.63, 3.8) is 0 Å². The number of benzene rings is 1.